The summed E-state index contributed by atoms with van der Waals surface area (Å²) in [5, 5.41) is 47.9. The fraction of sp³-hybridized carbons (Fsp3) is 0.519. The fourth-order valence-electron chi connectivity index (χ4n) is 6.08. The highest BCUT2D eigenvalue weighted by Gasteiger charge is 2.64. The molecule has 0 spiro atoms. The van der Waals surface area contributed by atoms with Gasteiger partial charge in [-0.15, -0.1) is 0 Å². The van der Waals surface area contributed by atoms with E-state index in [1.807, 2.05) is 0 Å². The van der Waals surface area contributed by atoms with Crippen LogP contribution < -0.4 is 11.1 Å². The lowest BCUT2D eigenvalue weighted by atomic mass is 9.57. The summed E-state index contributed by atoms with van der Waals surface area (Å²) in [6, 6.07) is 2.16. The Bertz CT molecular complexity index is 1260. The molecule has 0 heterocycles. The van der Waals surface area contributed by atoms with Gasteiger partial charge in [0.2, 0.25) is 5.78 Å². The molecule has 0 aromatic heterocycles. The lowest BCUT2D eigenvalue weighted by Gasteiger charge is -2.50. The van der Waals surface area contributed by atoms with Crippen molar-refractivity contribution < 1.29 is 40.5 Å². The molecule has 37 heavy (non-hydrogen) atoms. The lowest BCUT2D eigenvalue weighted by Crippen LogP contribution is -2.68. The number of carbonyl (C=O) groups excluding carboxylic acids is 3. The van der Waals surface area contributed by atoms with Crippen LogP contribution in [-0.2, 0) is 27.3 Å². The van der Waals surface area contributed by atoms with Crippen molar-refractivity contribution in [3.63, 3.8) is 0 Å². The van der Waals surface area contributed by atoms with Crippen LogP contribution in [0.3, 0.4) is 0 Å². The molecule has 8 N–H and O–H groups in total. The van der Waals surface area contributed by atoms with Gasteiger partial charge in [0.1, 0.15) is 11.5 Å². The number of amides is 1. The Morgan fingerprint density at radius 1 is 1.19 bits per heavy atom. The maximum atomic E-state index is 13.9. The lowest BCUT2D eigenvalue weighted by molar-refractivity contribution is -0.299. The summed E-state index contributed by atoms with van der Waals surface area (Å²) in [6.07, 6.45) is 0.372. The summed E-state index contributed by atoms with van der Waals surface area (Å²) in [7, 11) is 3.19. The van der Waals surface area contributed by atoms with Gasteiger partial charge in [-0.1, -0.05) is 26.8 Å². The van der Waals surface area contributed by atoms with Crippen molar-refractivity contribution in [2.75, 3.05) is 20.6 Å². The maximum Gasteiger partial charge on any atom is 0.348 e. The number of nitrogens with one attached hydrogen (secondary N) is 1. The molecular weight excluding hydrogens is 478 g/mol. The summed E-state index contributed by atoms with van der Waals surface area (Å²) in [6.45, 7) is 7.52. The number of benzene rings is 1. The summed E-state index contributed by atoms with van der Waals surface area (Å²) in [4.78, 5) is 40.7. The number of hydrogen-bond donors (Lipinski definition) is 6. The zero-order valence-electron chi connectivity index (χ0n) is 21.9. The Hall–Kier alpha value is -3.05. The number of nitrogens with zero attached hydrogens (tertiary/aromatic N) is 1. The van der Waals surface area contributed by atoms with Crippen LogP contribution in [-0.4, -0.2) is 75.1 Å². The second-order valence-corrected chi connectivity index (χ2v) is 11.8. The van der Waals surface area contributed by atoms with Crippen LogP contribution in [0.5, 0.6) is 5.75 Å². The number of phenolic OH excluding ortho intramolecular Hbond substituents is 1. The van der Waals surface area contributed by atoms with Crippen LogP contribution in [0, 0.1) is 17.3 Å². The minimum atomic E-state index is -2.59. The number of phenols is 1. The van der Waals surface area contributed by atoms with Crippen molar-refractivity contribution in [1.29, 1.82) is 0 Å². The monoisotopic (exact) mass is 514 g/mol. The SMILES string of the molecule is CN(C)C1C(=O)C(C([NH3+])=O)=C(O)C2(O)C(=O)C3=C(O)c4c(O)ccc(CNCC(C)(C)C)c4CC3CC12. The van der Waals surface area contributed by atoms with E-state index in [4.69, 9.17) is 0 Å². The van der Waals surface area contributed by atoms with Crippen LogP contribution >= 0.6 is 0 Å². The Morgan fingerprint density at radius 2 is 1.84 bits per heavy atom. The topological polar surface area (TPSA) is 175 Å². The van der Waals surface area contributed by atoms with Gasteiger partial charge in [-0.25, -0.2) is 4.79 Å². The van der Waals surface area contributed by atoms with Gasteiger partial charge in [-0.2, -0.15) is 0 Å². The van der Waals surface area contributed by atoms with Gasteiger partial charge in [-0.05, 0) is 55.5 Å². The normalized spacial score (nSPS) is 27.8. The standard InChI is InChI=1S/C27H35N3O7/c1-26(2,3)11-29-10-12-6-7-16(31)18-14(12)8-13-9-15-20(30(4)5)22(33)19(25(28)36)24(35)27(15,37)23(34)17(13)21(18)32/h6-7,13,15,20,29,31-32,35,37H,8-11H2,1-5H3,(H2,28,36)/p+1. The minimum absolute atomic E-state index is 0.0465. The number of carbonyl (C=O) groups is 3. The third kappa shape index (κ3) is 4.17. The number of likely N-dealkylation sites (N-methyl/N-ethyl adjacent to an activating group) is 1. The van der Waals surface area contributed by atoms with E-state index in [0.29, 0.717) is 12.1 Å². The summed E-state index contributed by atoms with van der Waals surface area (Å²) < 4.78 is 0. The average molecular weight is 515 g/mol. The smallest absolute Gasteiger partial charge is 0.348 e. The van der Waals surface area contributed by atoms with E-state index in [1.165, 1.54) is 11.0 Å². The largest absolute Gasteiger partial charge is 0.508 e. The Balaban J connectivity index is 1.86. The molecule has 0 aliphatic heterocycles. The second kappa shape index (κ2) is 9.05. The summed E-state index contributed by atoms with van der Waals surface area (Å²) >= 11 is 0. The van der Waals surface area contributed by atoms with Crippen molar-refractivity contribution in [3.05, 3.63) is 45.7 Å². The Labute approximate surface area is 215 Å². The van der Waals surface area contributed by atoms with Crippen LogP contribution in [0.4, 0.5) is 0 Å². The molecule has 1 fully saturated rings. The highest BCUT2D eigenvalue weighted by Crippen LogP contribution is 2.52. The van der Waals surface area contributed by atoms with E-state index in [2.05, 4.69) is 31.8 Å². The van der Waals surface area contributed by atoms with Gasteiger partial charge in [0.25, 0.3) is 0 Å². The first-order chi connectivity index (χ1) is 17.1. The van der Waals surface area contributed by atoms with Crippen molar-refractivity contribution in [1.82, 2.24) is 10.2 Å². The fourth-order valence-corrected chi connectivity index (χ4v) is 6.08. The second-order valence-electron chi connectivity index (χ2n) is 11.8. The van der Waals surface area contributed by atoms with Crippen LogP contribution in [0.1, 0.15) is 43.9 Å². The number of ketones is 2. The van der Waals surface area contributed by atoms with Crippen molar-refractivity contribution in [2.24, 2.45) is 17.3 Å². The van der Waals surface area contributed by atoms with Crippen LogP contribution in [0.25, 0.3) is 5.76 Å². The zero-order valence-corrected chi connectivity index (χ0v) is 21.9. The molecule has 1 aromatic rings. The first kappa shape index (κ1) is 27.0. The number of quaternary nitrogens is 1. The van der Waals surface area contributed by atoms with E-state index < -0.39 is 58.0 Å². The molecule has 3 aliphatic carbocycles. The van der Waals surface area contributed by atoms with Gasteiger partial charge in [0.05, 0.1) is 11.6 Å². The van der Waals surface area contributed by atoms with Crippen LogP contribution in [0.2, 0.25) is 0 Å². The quantitative estimate of drug-likeness (QED) is 0.304. The number of hydrogen-bond acceptors (Lipinski definition) is 9. The molecule has 200 valence electrons. The highest BCUT2D eigenvalue weighted by atomic mass is 16.3. The van der Waals surface area contributed by atoms with E-state index in [0.717, 1.165) is 12.1 Å². The first-order valence-corrected chi connectivity index (χ1v) is 12.4. The number of fused-ring (bicyclic) bond motifs is 3. The average Bonchev–Trinajstić information content (AvgIpc) is 2.76. The number of rotatable bonds is 5. The number of aliphatic hydroxyl groups is 3. The maximum absolute atomic E-state index is 13.9. The molecule has 1 aromatic carbocycles. The Morgan fingerprint density at radius 3 is 2.41 bits per heavy atom. The molecular formula is C27H36N3O7+. The van der Waals surface area contributed by atoms with E-state index in [1.54, 1.807) is 20.2 Å². The number of aromatic hydroxyl groups is 1. The van der Waals surface area contributed by atoms with E-state index in [-0.39, 0.29) is 35.1 Å². The van der Waals surface area contributed by atoms with E-state index >= 15 is 0 Å². The van der Waals surface area contributed by atoms with Crippen LogP contribution in [0.15, 0.2) is 29.0 Å². The van der Waals surface area contributed by atoms with E-state index in [9.17, 15) is 34.8 Å². The predicted molar refractivity (Wildman–Crippen MR) is 134 cm³/mol. The van der Waals surface area contributed by atoms with Crippen molar-refractivity contribution in [3.8, 4) is 5.75 Å². The molecule has 10 heteroatoms. The van der Waals surface area contributed by atoms with Crippen molar-refractivity contribution in [2.45, 2.75) is 51.8 Å². The molecule has 0 radical (unpaired) electrons. The van der Waals surface area contributed by atoms with Gasteiger partial charge < -0.3 is 25.7 Å². The third-order valence-corrected chi connectivity index (χ3v) is 7.70. The summed E-state index contributed by atoms with van der Waals surface area (Å²) in [5.74, 6) is -6.04. The molecule has 4 atom stereocenters. The van der Waals surface area contributed by atoms with Gasteiger partial charge in [0.15, 0.2) is 22.7 Å². The molecule has 3 aliphatic rings. The minimum Gasteiger partial charge on any atom is -0.508 e. The van der Waals surface area contributed by atoms with Gasteiger partial charge >= 0.3 is 5.91 Å². The number of Topliss-reactive ketones (excluding diaryl/α,β-unsaturated/α-hetero) is 2. The predicted octanol–water partition coefficient (Wildman–Crippen LogP) is 0.383. The molecule has 0 saturated heterocycles. The molecule has 10 nitrogen and oxygen atoms in total. The molecule has 0 bridgehead atoms. The Kier molecular flexibility index (Phi) is 6.61. The van der Waals surface area contributed by atoms with Crippen molar-refractivity contribution >= 4 is 23.2 Å². The van der Waals surface area contributed by atoms with Gasteiger partial charge in [0, 0.05) is 24.6 Å². The highest BCUT2D eigenvalue weighted by molar-refractivity contribution is 6.22. The summed E-state index contributed by atoms with van der Waals surface area (Å²) in [5.41, 5.74) is 1.48. The zero-order chi connectivity index (χ0) is 27.6. The molecule has 1 saturated carbocycles. The molecule has 4 unspecified atom stereocenters. The number of aliphatic hydroxyl groups excluding tert-OH is 2. The first-order valence-electron chi connectivity index (χ1n) is 12.4. The third-order valence-electron chi connectivity index (χ3n) is 7.70. The van der Waals surface area contributed by atoms with Gasteiger partial charge in [-0.3, -0.25) is 20.2 Å². The molecule has 1 amide bonds. The molecule has 4 rings (SSSR count).